The minimum Gasteiger partial charge on any atom is -0.497 e. The Hall–Kier alpha value is -2.60. The van der Waals surface area contributed by atoms with Crippen LogP contribution in [0.1, 0.15) is 17.5 Å². The number of aryl methyl sites for hydroxylation is 1. The summed E-state index contributed by atoms with van der Waals surface area (Å²) >= 11 is 0. The SMILES string of the molecule is COc1cccc(CC(=O)N2CCO[C@H](CCc3ccnc(N)c3)C2)c1. The number of carbonyl (C=O) groups is 1. The molecule has 2 aromatic rings. The Bertz CT molecular complexity index is 751. The summed E-state index contributed by atoms with van der Waals surface area (Å²) in [7, 11) is 1.63. The first-order valence-corrected chi connectivity index (χ1v) is 8.87. The molecule has 0 bridgehead atoms. The Kier molecular flexibility index (Phi) is 6.07. The summed E-state index contributed by atoms with van der Waals surface area (Å²) in [6, 6.07) is 11.5. The molecular formula is C20H25N3O3. The number of morpholine rings is 1. The van der Waals surface area contributed by atoms with E-state index in [9.17, 15) is 4.79 Å². The molecule has 6 nitrogen and oxygen atoms in total. The highest BCUT2D eigenvalue weighted by Gasteiger charge is 2.24. The van der Waals surface area contributed by atoms with E-state index >= 15 is 0 Å². The first-order valence-electron chi connectivity index (χ1n) is 8.87. The second-order valence-electron chi connectivity index (χ2n) is 6.49. The number of nitrogen functional groups attached to an aromatic ring is 1. The van der Waals surface area contributed by atoms with Crippen LogP contribution in [0.2, 0.25) is 0 Å². The van der Waals surface area contributed by atoms with Crippen LogP contribution in [0, 0.1) is 0 Å². The van der Waals surface area contributed by atoms with E-state index in [2.05, 4.69) is 4.98 Å². The molecular weight excluding hydrogens is 330 g/mol. The second kappa shape index (κ2) is 8.67. The third-order valence-corrected chi connectivity index (χ3v) is 4.58. The predicted molar refractivity (Wildman–Crippen MR) is 100.0 cm³/mol. The smallest absolute Gasteiger partial charge is 0.227 e. The monoisotopic (exact) mass is 355 g/mol. The minimum atomic E-state index is 0.0485. The molecule has 0 aliphatic carbocycles. The molecule has 138 valence electrons. The molecule has 1 atom stereocenters. The summed E-state index contributed by atoms with van der Waals surface area (Å²) in [6.07, 6.45) is 3.86. The highest BCUT2D eigenvalue weighted by Crippen LogP contribution is 2.17. The number of pyridine rings is 1. The van der Waals surface area contributed by atoms with Gasteiger partial charge in [0.25, 0.3) is 0 Å². The van der Waals surface area contributed by atoms with Gasteiger partial charge < -0.3 is 20.1 Å². The lowest BCUT2D eigenvalue weighted by molar-refractivity contribution is -0.138. The Labute approximate surface area is 153 Å². The number of hydrogen-bond donors (Lipinski definition) is 1. The van der Waals surface area contributed by atoms with Crippen LogP contribution in [0.15, 0.2) is 42.6 Å². The fourth-order valence-electron chi connectivity index (χ4n) is 3.17. The van der Waals surface area contributed by atoms with Crippen LogP contribution in [-0.4, -0.2) is 48.7 Å². The van der Waals surface area contributed by atoms with Crippen LogP contribution in [0.4, 0.5) is 5.82 Å². The van der Waals surface area contributed by atoms with Crippen molar-refractivity contribution < 1.29 is 14.3 Å². The molecule has 1 aromatic carbocycles. The number of rotatable bonds is 6. The van der Waals surface area contributed by atoms with Gasteiger partial charge >= 0.3 is 0 Å². The van der Waals surface area contributed by atoms with E-state index in [4.69, 9.17) is 15.2 Å². The van der Waals surface area contributed by atoms with Crippen LogP contribution < -0.4 is 10.5 Å². The lowest BCUT2D eigenvalue weighted by Gasteiger charge is -2.33. The van der Waals surface area contributed by atoms with Gasteiger partial charge in [-0.2, -0.15) is 0 Å². The second-order valence-corrected chi connectivity index (χ2v) is 6.49. The van der Waals surface area contributed by atoms with Gasteiger partial charge in [0.05, 0.1) is 26.2 Å². The van der Waals surface area contributed by atoms with E-state index in [0.717, 1.165) is 29.7 Å². The van der Waals surface area contributed by atoms with E-state index in [1.165, 1.54) is 0 Å². The van der Waals surface area contributed by atoms with Crippen molar-refractivity contribution in [3.8, 4) is 5.75 Å². The number of nitrogens with zero attached hydrogens (tertiary/aromatic N) is 2. The molecule has 26 heavy (non-hydrogen) atoms. The van der Waals surface area contributed by atoms with Gasteiger partial charge in [-0.25, -0.2) is 4.98 Å². The first-order chi connectivity index (χ1) is 12.6. The summed E-state index contributed by atoms with van der Waals surface area (Å²) in [5.41, 5.74) is 7.82. The number of anilines is 1. The minimum absolute atomic E-state index is 0.0485. The maximum Gasteiger partial charge on any atom is 0.227 e. The predicted octanol–water partition coefficient (Wildman–Crippen LogP) is 2.08. The topological polar surface area (TPSA) is 77.7 Å². The van der Waals surface area contributed by atoms with E-state index < -0.39 is 0 Å². The zero-order valence-corrected chi connectivity index (χ0v) is 15.1. The number of benzene rings is 1. The summed E-state index contributed by atoms with van der Waals surface area (Å²) in [6.45, 7) is 1.85. The summed E-state index contributed by atoms with van der Waals surface area (Å²) in [5, 5.41) is 0. The van der Waals surface area contributed by atoms with Gasteiger partial charge in [-0.1, -0.05) is 12.1 Å². The molecule has 1 amide bonds. The van der Waals surface area contributed by atoms with Gasteiger partial charge in [-0.3, -0.25) is 4.79 Å². The molecule has 2 N–H and O–H groups in total. The maximum atomic E-state index is 12.6. The Balaban J connectivity index is 1.53. The van der Waals surface area contributed by atoms with E-state index in [-0.39, 0.29) is 12.0 Å². The lowest BCUT2D eigenvalue weighted by atomic mass is 10.1. The van der Waals surface area contributed by atoms with Gasteiger partial charge in [0.15, 0.2) is 0 Å². The van der Waals surface area contributed by atoms with E-state index in [1.54, 1.807) is 13.3 Å². The third-order valence-electron chi connectivity index (χ3n) is 4.58. The van der Waals surface area contributed by atoms with Crippen LogP contribution >= 0.6 is 0 Å². The number of amides is 1. The molecule has 0 spiro atoms. The van der Waals surface area contributed by atoms with Crippen LogP contribution in [0.5, 0.6) is 5.75 Å². The van der Waals surface area contributed by atoms with Gasteiger partial charge in [0.1, 0.15) is 11.6 Å². The van der Waals surface area contributed by atoms with Gasteiger partial charge in [-0.05, 0) is 48.2 Å². The summed E-state index contributed by atoms with van der Waals surface area (Å²) in [5.74, 6) is 1.42. The molecule has 2 heterocycles. The van der Waals surface area contributed by atoms with Gasteiger partial charge in [0.2, 0.25) is 5.91 Å². The fraction of sp³-hybridized carbons (Fsp3) is 0.400. The Morgan fingerprint density at radius 3 is 3.04 bits per heavy atom. The molecule has 1 aliphatic rings. The number of ether oxygens (including phenoxy) is 2. The zero-order chi connectivity index (χ0) is 18.4. The maximum absolute atomic E-state index is 12.6. The average Bonchev–Trinajstić information content (AvgIpc) is 2.67. The van der Waals surface area contributed by atoms with E-state index in [1.807, 2.05) is 41.3 Å². The largest absolute Gasteiger partial charge is 0.497 e. The van der Waals surface area contributed by atoms with E-state index in [0.29, 0.717) is 31.9 Å². The average molecular weight is 355 g/mol. The number of methoxy groups -OCH3 is 1. The molecule has 1 aliphatic heterocycles. The first kappa shape index (κ1) is 18.2. The molecule has 1 aromatic heterocycles. The van der Waals surface area contributed by atoms with Gasteiger partial charge in [-0.15, -0.1) is 0 Å². The van der Waals surface area contributed by atoms with Crippen LogP contribution in [0.25, 0.3) is 0 Å². The molecule has 3 rings (SSSR count). The summed E-state index contributed by atoms with van der Waals surface area (Å²) in [4.78, 5) is 18.5. The molecule has 0 radical (unpaired) electrons. The van der Waals surface area contributed by atoms with Crippen molar-refractivity contribution in [3.63, 3.8) is 0 Å². The van der Waals surface area contributed by atoms with Gasteiger partial charge in [0, 0.05) is 19.3 Å². The van der Waals surface area contributed by atoms with Crippen molar-refractivity contribution in [2.45, 2.75) is 25.4 Å². The molecule has 1 saturated heterocycles. The highest BCUT2D eigenvalue weighted by molar-refractivity contribution is 5.79. The van der Waals surface area contributed by atoms with Crippen LogP contribution in [-0.2, 0) is 22.4 Å². The Morgan fingerprint density at radius 1 is 1.35 bits per heavy atom. The number of aromatic nitrogens is 1. The number of nitrogens with two attached hydrogens (primary N) is 1. The lowest BCUT2D eigenvalue weighted by Crippen LogP contribution is -2.46. The molecule has 0 saturated carbocycles. The van der Waals surface area contributed by atoms with Crippen molar-refractivity contribution in [2.24, 2.45) is 0 Å². The number of carbonyl (C=O) groups excluding carboxylic acids is 1. The third kappa shape index (κ3) is 4.95. The zero-order valence-electron chi connectivity index (χ0n) is 15.1. The Morgan fingerprint density at radius 2 is 2.23 bits per heavy atom. The fourth-order valence-corrected chi connectivity index (χ4v) is 3.17. The van der Waals surface area contributed by atoms with Crippen molar-refractivity contribution in [3.05, 3.63) is 53.7 Å². The molecule has 0 unspecified atom stereocenters. The van der Waals surface area contributed by atoms with Crippen LogP contribution in [0.3, 0.4) is 0 Å². The molecule has 1 fully saturated rings. The summed E-state index contributed by atoms with van der Waals surface area (Å²) < 4.78 is 11.1. The normalized spacial score (nSPS) is 17.1. The van der Waals surface area contributed by atoms with Crippen molar-refractivity contribution in [1.29, 1.82) is 0 Å². The van der Waals surface area contributed by atoms with Crippen molar-refractivity contribution in [2.75, 3.05) is 32.5 Å². The molecule has 6 heteroatoms. The van der Waals surface area contributed by atoms with Crippen molar-refractivity contribution in [1.82, 2.24) is 9.88 Å². The highest BCUT2D eigenvalue weighted by atomic mass is 16.5. The quantitative estimate of drug-likeness (QED) is 0.858. The van der Waals surface area contributed by atoms with Crippen molar-refractivity contribution >= 4 is 11.7 Å². The number of hydrogen-bond acceptors (Lipinski definition) is 5. The standard InChI is InChI=1S/C20H25N3O3/c1-25-17-4-2-3-16(11-17)13-20(24)23-9-10-26-18(14-23)6-5-15-7-8-22-19(21)12-15/h2-4,7-8,11-12,18H,5-6,9-10,13-14H2,1H3,(H2,21,22)/t18-/m1/s1.